The lowest BCUT2D eigenvalue weighted by Gasteiger charge is -2.36. The topological polar surface area (TPSA) is 111 Å². The number of carbonyl (C=O) groups excluding carboxylic acids is 2. The van der Waals surface area contributed by atoms with E-state index in [0.29, 0.717) is 48.1 Å². The highest BCUT2D eigenvalue weighted by molar-refractivity contribution is 7.80. The lowest BCUT2D eigenvalue weighted by Crippen LogP contribution is -2.48. The quantitative estimate of drug-likeness (QED) is 0.220. The Labute approximate surface area is 254 Å². The summed E-state index contributed by atoms with van der Waals surface area (Å²) in [6, 6.07) is 19.1. The maximum absolute atomic E-state index is 12.8. The molecule has 0 unspecified atom stereocenters. The fourth-order valence-electron chi connectivity index (χ4n) is 5.25. The van der Waals surface area contributed by atoms with Crippen molar-refractivity contribution in [1.29, 1.82) is 0 Å². The second-order valence-electron chi connectivity index (χ2n) is 10.2. The second kappa shape index (κ2) is 13.2. The Balaban J connectivity index is 1.14. The summed E-state index contributed by atoms with van der Waals surface area (Å²) in [5, 5.41) is 18.0. The molecule has 3 aromatic rings. The minimum absolute atomic E-state index is 0.00558. The van der Waals surface area contributed by atoms with Crippen molar-refractivity contribution >= 4 is 63.5 Å². The monoisotopic (exact) mass is 606 g/mol. The summed E-state index contributed by atoms with van der Waals surface area (Å²) in [6.45, 7) is 4.13. The molecular formula is C30H31ClN6O4S. The van der Waals surface area contributed by atoms with Crippen LogP contribution in [0.15, 0.2) is 66.7 Å². The van der Waals surface area contributed by atoms with E-state index in [4.69, 9.17) is 23.8 Å². The van der Waals surface area contributed by atoms with Crippen LogP contribution in [0.5, 0.6) is 0 Å². The minimum atomic E-state index is -0.525. The highest BCUT2D eigenvalue weighted by atomic mass is 35.5. The molecule has 0 aliphatic carbocycles. The Kier molecular flexibility index (Phi) is 9.19. The molecule has 10 nitrogen and oxygen atoms in total. The van der Waals surface area contributed by atoms with Crippen LogP contribution in [0.3, 0.4) is 0 Å². The van der Waals surface area contributed by atoms with Crippen LogP contribution in [0.25, 0.3) is 0 Å². The number of hydrogen-bond acceptors (Lipinski definition) is 7. The van der Waals surface area contributed by atoms with Gasteiger partial charge in [0, 0.05) is 72.9 Å². The summed E-state index contributed by atoms with van der Waals surface area (Å²) in [6.07, 6.45) is 3.09. The van der Waals surface area contributed by atoms with E-state index in [1.165, 1.54) is 6.07 Å². The summed E-state index contributed by atoms with van der Waals surface area (Å²) < 4.78 is 0. The van der Waals surface area contributed by atoms with Gasteiger partial charge in [-0.1, -0.05) is 11.6 Å². The van der Waals surface area contributed by atoms with Gasteiger partial charge in [-0.15, -0.1) is 0 Å². The van der Waals surface area contributed by atoms with Crippen LogP contribution >= 0.6 is 23.8 Å². The average Bonchev–Trinajstić information content (AvgIpc) is 3.01. The normalized spacial score (nSPS) is 15.2. The number of anilines is 3. The smallest absolute Gasteiger partial charge is 0.293 e. The molecule has 12 heteroatoms. The first-order valence-corrected chi connectivity index (χ1v) is 14.6. The molecule has 5 rings (SSSR count). The zero-order valence-corrected chi connectivity index (χ0v) is 24.5. The van der Waals surface area contributed by atoms with Gasteiger partial charge in [-0.25, -0.2) is 0 Å². The fourth-order valence-corrected chi connectivity index (χ4v) is 5.59. The summed E-state index contributed by atoms with van der Waals surface area (Å²) in [5.74, 6) is -0.530. The van der Waals surface area contributed by atoms with Crippen LogP contribution < -0.4 is 20.4 Å². The molecule has 0 spiro atoms. The van der Waals surface area contributed by atoms with Gasteiger partial charge >= 0.3 is 0 Å². The zero-order chi connectivity index (χ0) is 29.6. The number of amides is 2. The van der Waals surface area contributed by atoms with Crippen LogP contribution in [0.4, 0.5) is 22.7 Å². The summed E-state index contributed by atoms with van der Waals surface area (Å²) in [7, 11) is 0. The molecule has 0 atom stereocenters. The molecular weight excluding hydrogens is 576 g/mol. The number of carbonyl (C=O) groups is 2. The van der Waals surface area contributed by atoms with Crippen molar-refractivity contribution in [3.8, 4) is 0 Å². The molecule has 3 aromatic carbocycles. The first-order chi connectivity index (χ1) is 20.3. The van der Waals surface area contributed by atoms with Crippen molar-refractivity contribution in [2.24, 2.45) is 0 Å². The number of benzene rings is 3. The van der Waals surface area contributed by atoms with Gasteiger partial charge in [-0.2, -0.15) is 0 Å². The van der Waals surface area contributed by atoms with Gasteiger partial charge in [-0.05, 0) is 92.1 Å². The van der Waals surface area contributed by atoms with Crippen LogP contribution in [-0.4, -0.2) is 66.0 Å². The number of rotatable bonds is 6. The summed E-state index contributed by atoms with van der Waals surface area (Å²) >= 11 is 11.3. The Hall–Kier alpha value is -4.22. The SMILES string of the molecule is O=C(NC(=S)Nc1ccc(N2CCN(C(=O)c3ccc(Cl)cc3)CC2)cc1)c1ccc(N2CCCCC2)c([N+](=O)[O-])c1. The number of halogens is 1. The predicted octanol–water partition coefficient (Wildman–Crippen LogP) is 5.33. The maximum Gasteiger partial charge on any atom is 0.293 e. The Bertz CT molecular complexity index is 1470. The van der Waals surface area contributed by atoms with Gasteiger partial charge in [0.25, 0.3) is 17.5 Å². The molecule has 0 aromatic heterocycles. The fraction of sp³-hybridized carbons (Fsp3) is 0.300. The van der Waals surface area contributed by atoms with Crippen molar-refractivity contribution in [2.45, 2.75) is 19.3 Å². The van der Waals surface area contributed by atoms with Crippen molar-refractivity contribution in [3.63, 3.8) is 0 Å². The van der Waals surface area contributed by atoms with E-state index in [1.807, 2.05) is 34.1 Å². The van der Waals surface area contributed by atoms with Crippen LogP contribution in [-0.2, 0) is 0 Å². The number of nitro groups is 1. The van der Waals surface area contributed by atoms with Crippen molar-refractivity contribution in [2.75, 3.05) is 54.4 Å². The molecule has 2 aliphatic rings. The third kappa shape index (κ3) is 6.97. The highest BCUT2D eigenvalue weighted by Crippen LogP contribution is 2.31. The second-order valence-corrected chi connectivity index (χ2v) is 11.1. The van der Waals surface area contributed by atoms with E-state index in [2.05, 4.69) is 15.5 Å². The van der Waals surface area contributed by atoms with Crippen molar-refractivity contribution in [3.05, 3.63) is 93.0 Å². The average molecular weight is 607 g/mol. The zero-order valence-electron chi connectivity index (χ0n) is 22.9. The van der Waals surface area contributed by atoms with Gasteiger partial charge in [0.1, 0.15) is 5.69 Å². The number of hydrogen-bond donors (Lipinski definition) is 2. The summed E-state index contributed by atoms with van der Waals surface area (Å²) in [4.78, 5) is 43.0. The van der Waals surface area contributed by atoms with Gasteiger partial charge < -0.3 is 20.0 Å². The minimum Gasteiger partial charge on any atom is -0.368 e. The Morgan fingerprint density at radius 1 is 0.810 bits per heavy atom. The molecule has 0 radical (unpaired) electrons. The maximum atomic E-state index is 12.8. The first-order valence-electron chi connectivity index (χ1n) is 13.8. The number of nitrogens with one attached hydrogen (secondary N) is 2. The highest BCUT2D eigenvalue weighted by Gasteiger charge is 2.24. The first kappa shape index (κ1) is 29.3. The van der Waals surface area contributed by atoms with E-state index >= 15 is 0 Å². The third-order valence-corrected chi connectivity index (χ3v) is 7.96. The van der Waals surface area contributed by atoms with Gasteiger partial charge in [0.2, 0.25) is 0 Å². The molecule has 0 bridgehead atoms. The van der Waals surface area contributed by atoms with Crippen molar-refractivity contribution < 1.29 is 14.5 Å². The number of nitro benzene ring substituents is 1. The van der Waals surface area contributed by atoms with Crippen LogP contribution in [0.2, 0.25) is 5.02 Å². The van der Waals surface area contributed by atoms with Gasteiger partial charge in [0.15, 0.2) is 5.11 Å². The molecule has 2 saturated heterocycles. The number of nitrogens with zero attached hydrogens (tertiary/aromatic N) is 4. The Morgan fingerprint density at radius 2 is 1.45 bits per heavy atom. The van der Waals surface area contributed by atoms with E-state index in [-0.39, 0.29) is 22.3 Å². The van der Waals surface area contributed by atoms with E-state index in [0.717, 1.165) is 38.0 Å². The molecule has 42 heavy (non-hydrogen) atoms. The molecule has 2 N–H and O–H groups in total. The predicted molar refractivity (Wildman–Crippen MR) is 169 cm³/mol. The molecule has 2 heterocycles. The largest absolute Gasteiger partial charge is 0.368 e. The van der Waals surface area contributed by atoms with E-state index in [1.54, 1.807) is 36.4 Å². The van der Waals surface area contributed by atoms with E-state index in [9.17, 15) is 19.7 Å². The molecule has 2 amide bonds. The third-order valence-electron chi connectivity index (χ3n) is 7.51. The molecule has 218 valence electrons. The van der Waals surface area contributed by atoms with Crippen LogP contribution in [0.1, 0.15) is 40.0 Å². The standard InChI is InChI=1S/C30H31ClN6O4S/c31-23-7-4-21(5-8-23)29(39)36-18-16-34(17-19-36)25-11-9-24(10-12-25)32-30(42)33-28(38)22-6-13-26(27(20-22)37(40)41)35-14-2-1-3-15-35/h4-13,20H,1-3,14-19H2,(H2,32,33,38,42). The number of thiocarbonyl (C=S) groups is 1. The Morgan fingerprint density at radius 3 is 2.10 bits per heavy atom. The number of piperazine rings is 1. The molecule has 2 fully saturated rings. The van der Waals surface area contributed by atoms with Gasteiger partial charge in [0.05, 0.1) is 4.92 Å². The summed E-state index contributed by atoms with van der Waals surface area (Å²) in [5.41, 5.74) is 2.93. The molecule has 2 aliphatic heterocycles. The lowest BCUT2D eigenvalue weighted by atomic mass is 10.1. The lowest BCUT2D eigenvalue weighted by molar-refractivity contribution is -0.384. The van der Waals surface area contributed by atoms with Crippen LogP contribution in [0, 0.1) is 10.1 Å². The van der Waals surface area contributed by atoms with Crippen molar-refractivity contribution in [1.82, 2.24) is 10.2 Å². The number of piperidine rings is 1. The molecule has 0 saturated carbocycles. The van der Waals surface area contributed by atoms with Gasteiger partial charge in [-0.3, -0.25) is 25.0 Å². The van der Waals surface area contributed by atoms with E-state index < -0.39 is 10.8 Å².